The fraction of sp³-hybridized carbons (Fsp3) is 0.778. The highest BCUT2D eigenvalue weighted by molar-refractivity contribution is 7.33. The SMILES string of the molecule is CCOC(=O)C1(C(=O)OCC)CO[P](=O)OC1. The molecule has 0 bridgehead atoms. The summed E-state index contributed by atoms with van der Waals surface area (Å²) in [6.45, 7) is 2.74. The van der Waals surface area contributed by atoms with Gasteiger partial charge in [0.15, 0.2) is 0 Å². The molecule has 1 fully saturated rings. The number of rotatable bonds is 4. The summed E-state index contributed by atoms with van der Waals surface area (Å²) in [6.07, 6.45) is 0. The van der Waals surface area contributed by atoms with E-state index >= 15 is 0 Å². The Kier molecular flexibility index (Phi) is 4.99. The van der Waals surface area contributed by atoms with Crippen LogP contribution in [0.25, 0.3) is 0 Å². The molecule has 0 spiro atoms. The molecule has 0 unspecified atom stereocenters. The Morgan fingerprint density at radius 3 is 1.88 bits per heavy atom. The first-order valence-corrected chi connectivity index (χ1v) is 6.24. The predicted molar refractivity (Wildman–Crippen MR) is 55.2 cm³/mol. The summed E-state index contributed by atoms with van der Waals surface area (Å²) in [5.41, 5.74) is -1.67. The Labute approximate surface area is 99.3 Å². The fourth-order valence-electron chi connectivity index (χ4n) is 1.26. The van der Waals surface area contributed by atoms with Gasteiger partial charge in [0.2, 0.25) is 5.41 Å². The van der Waals surface area contributed by atoms with Gasteiger partial charge in [-0.25, -0.2) is 4.57 Å². The lowest BCUT2D eigenvalue weighted by molar-refractivity contribution is -0.179. The van der Waals surface area contributed by atoms with Gasteiger partial charge in [0.05, 0.1) is 26.4 Å². The van der Waals surface area contributed by atoms with E-state index in [1.807, 2.05) is 0 Å². The molecular weight excluding hydrogens is 251 g/mol. The third kappa shape index (κ3) is 3.00. The molecule has 1 heterocycles. The second-order valence-corrected chi connectivity index (χ2v) is 4.26. The summed E-state index contributed by atoms with van der Waals surface area (Å²) in [4.78, 5) is 23.5. The molecule has 0 amide bonds. The maximum atomic E-state index is 11.8. The van der Waals surface area contributed by atoms with Crippen LogP contribution in [0.4, 0.5) is 0 Å². The van der Waals surface area contributed by atoms with Crippen molar-refractivity contribution in [2.45, 2.75) is 13.8 Å². The van der Waals surface area contributed by atoms with Gasteiger partial charge in [-0.3, -0.25) is 18.6 Å². The van der Waals surface area contributed by atoms with Crippen molar-refractivity contribution in [3.63, 3.8) is 0 Å². The number of hydrogen-bond acceptors (Lipinski definition) is 7. The first kappa shape index (κ1) is 14.0. The number of esters is 2. The van der Waals surface area contributed by atoms with Gasteiger partial charge >= 0.3 is 20.2 Å². The van der Waals surface area contributed by atoms with Gasteiger partial charge in [0, 0.05) is 0 Å². The minimum absolute atomic E-state index is 0.117. The minimum Gasteiger partial charge on any atom is -0.465 e. The van der Waals surface area contributed by atoms with Gasteiger partial charge < -0.3 is 9.47 Å². The van der Waals surface area contributed by atoms with Crippen LogP contribution in [0.2, 0.25) is 0 Å². The molecule has 0 N–H and O–H groups in total. The van der Waals surface area contributed by atoms with Crippen molar-refractivity contribution in [3.8, 4) is 0 Å². The van der Waals surface area contributed by atoms with Crippen molar-refractivity contribution in [1.82, 2.24) is 0 Å². The zero-order valence-electron chi connectivity index (χ0n) is 9.63. The summed E-state index contributed by atoms with van der Waals surface area (Å²) >= 11 is 0. The second kappa shape index (κ2) is 6.05. The zero-order chi connectivity index (χ0) is 12.9. The molecule has 0 aromatic rings. The zero-order valence-corrected chi connectivity index (χ0v) is 10.5. The van der Waals surface area contributed by atoms with Crippen molar-refractivity contribution >= 4 is 20.2 Å². The van der Waals surface area contributed by atoms with Gasteiger partial charge in [-0.2, -0.15) is 0 Å². The largest absolute Gasteiger partial charge is 0.465 e. The van der Waals surface area contributed by atoms with Gasteiger partial charge in [-0.05, 0) is 13.8 Å². The van der Waals surface area contributed by atoms with E-state index in [1.54, 1.807) is 13.8 Å². The molecule has 0 saturated carbocycles. The van der Waals surface area contributed by atoms with Crippen LogP contribution in [0.1, 0.15) is 13.8 Å². The maximum absolute atomic E-state index is 11.8. The average molecular weight is 265 g/mol. The molecule has 0 aromatic carbocycles. The van der Waals surface area contributed by atoms with Crippen LogP contribution in [0.5, 0.6) is 0 Å². The van der Waals surface area contributed by atoms with Gasteiger partial charge in [0.25, 0.3) is 0 Å². The fourth-order valence-corrected chi connectivity index (χ4v) is 1.99. The summed E-state index contributed by atoms with van der Waals surface area (Å²) in [6, 6.07) is 0. The lowest BCUT2D eigenvalue weighted by atomic mass is 9.90. The van der Waals surface area contributed by atoms with Crippen LogP contribution in [-0.2, 0) is 32.7 Å². The van der Waals surface area contributed by atoms with E-state index in [-0.39, 0.29) is 26.4 Å². The van der Waals surface area contributed by atoms with Crippen LogP contribution < -0.4 is 0 Å². The number of hydrogen-bond donors (Lipinski definition) is 0. The average Bonchev–Trinajstić information content (AvgIpc) is 2.31. The first-order chi connectivity index (χ1) is 8.06. The number of carbonyl (C=O) groups is 2. The lowest BCUT2D eigenvalue weighted by Gasteiger charge is -2.30. The highest BCUT2D eigenvalue weighted by Gasteiger charge is 2.53. The number of ether oxygens (including phenoxy) is 2. The van der Waals surface area contributed by atoms with Gasteiger partial charge in [-0.15, -0.1) is 0 Å². The van der Waals surface area contributed by atoms with Crippen molar-refractivity contribution in [2.24, 2.45) is 5.41 Å². The van der Waals surface area contributed by atoms with Crippen molar-refractivity contribution in [2.75, 3.05) is 26.4 Å². The Morgan fingerprint density at radius 1 is 1.12 bits per heavy atom. The van der Waals surface area contributed by atoms with Crippen molar-refractivity contribution < 1.29 is 32.7 Å². The van der Waals surface area contributed by atoms with Crippen LogP contribution in [0, 0.1) is 5.41 Å². The molecule has 1 radical (unpaired) electrons. The molecule has 1 aliphatic heterocycles. The third-order valence-electron chi connectivity index (χ3n) is 2.17. The summed E-state index contributed by atoms with van der Waals surface area (Å²) in [5.74, 6) is -1.58. The first-order valence-electron chi connectivity index (χ1n) is 5.14. The van der Waals surface area contributed by atoms with E-state index in [1.165, 1.54) is 0 Å². The molecule has 0 aliphatic carbocycles. The second-order valence-electron chi connectivity index (χ2n) is 3.29. The molecule has 0 atom stereocenters. The van der Waals surface area contributed by atoms with Crippen LogP contribution in [0.15, 0.2) is 0 Å². The summed E-state index contributed by atoms with van der Waals surface area (Å²) < 4.78 is 29.9. The molecule has 17 heavy (non-hydrogen) atoms. The van der Waals surface area contributed by atoms with Crippen molar-refractivity contribution in [3.05, 3.63) is 0 Å². The summed E-state index contributed by atoms with van der Waals surface area (Å²) in [7, 11) is -2.28. The molecule has 1 saturated heterocycles. The third-order valence-corrected chi connectivity index (χ3v) is 2.84. The molecule has 7 nitrogen and oxygen atoms in total. The van der Waals surface area contributed by atoms with Crippen LogP contribution in [0.3, 0.4) is 0 Å². The van der Waals surface area contributed by atoms with E-state index in [0.717, 1.165) is 0 Å². The summed E-state index contributed by atoms with van der Waals surface area (Å²) in [5, 5.41) is 0. The highest BCUT2D eigenvalue weighted by Crippen LogP contribution is 2.38. The molecule has 1 aliphatic rings. The lowest BCUT2D eigenvalue weighted by Crippen LogP contribution is -2.50. The highest BCUT2D eigenvalue weighted by atomic mass is 31.1. The topological polar surface area (TPSA) is 88.1 Å². The number of carbonyl (C=O) groups excluding carboxylic acids is 2. The predicted octanol–water partition coefficient (Wildman–Crippen LogP) is 0.803. The normalized spacial score (nSPS) is 18.6. The Hall–Kier alpha value is -1.04. The van der Waals surface area contributed by atoms with E-state index in [4.69, 9.17) is 18.5 Å². The van der Waals surface area contributed by atoms with Gasteiger partial charge in [0.1, 0.15) is 0 Å². The van der Waals surface area contributed by atoms with Crippen molar-refractivity contribution in [1.29, 1.82) is 0 Å². The van der Waals surface area contributed by atoms with Crippen LogP contribution >= 0.6 is 8.25 Å². The molecule has 97 valence electrons. The van der Waals surface area contributed by atoms with E-state index in [9.17, 15) is 14.2 Å². The van der Waals surface area contributed by atoms with Gasteiger partial charge in [-0.1, -0.05) is 0 Å². The Morgan fingerprint density at radius 2 is 1.53 bits per heavy atom. The van der Waals surface area contributed by atoms with Crippen LogP contribution in [-0.4, -0.2) is 38.4 Å². The minimum atomic E-state index is -2.28. The quantitative estimate of drug-likeness (QED) is 0.422. The maximum Gasteiger partial charge on any atom is 0.368 e. The monoisotopic (exact) mass is 265 g/mol. The smallest absolute Gasteiger partial charge is 0.368 e. The molecular formula is C9H14O7P. The Balaban J connectivity index is 2.88. The molecule has 8 heteroatoms. The van der Waals surface area contributed by atoms with E-state index < -0.39 is 25.6 Å². The van der Waals surface area contributed by atoms with E-state index in [2.05, 4.69) is 0 Å². The van der Waals surface area contributed by atoms with E-state index in [0.29, 0.717) is 0 Å². The Bertz CT molecular complexity index is 297. The molecule has 1 rings (SSSR count). The molecule has 0 aromatic heterocycles. The standard InChI is InChI=1S/C9H14O7P/c1-3-13-7(10)9(8(11)14-4-2)5-15-17(12)16-6-9/h3-6H2,1-2H3.